The number of aromatic nitrogens is 1. The second-order valence-electron chi connectivity index (χ2n) is 6.51. The number of hydrogen-bond acceptors (Lipinski definition) is 3. The Morgan fingerprint density at radius 2 is 2.10 bits per heavy atom. The van der Waals surface area contributed by atoms with Crippen LogP contribution in [0, 0.1) is 5.41 Å². The summed E-state index contributed by atoms with van der Waals surface area (Å²) >= 11 is 0. The highest BCUT2D eigenvalue weighted by Crippen LogP contribution is 2.47. The molecule has 114 valence electrons. The van der Waals surface area contributed by atoms with Crippen molar-refractivity contribution in [3.63, 3.8) is 0 Å². The molecule has 1 aliphatic carbocycles. The van der Waals surface area contributed by atoms with Gasteiger partial charge in [0.05, 0.1) is 11.6 Å². The number of fused-ring (bicyclic) bond motifs is 1. The Morgan fingerprint density at radius 3 is 2.76 bits per heavy atom. The van der Waals surface area contributed by atoms with E-state index >= 15 is 0 Å². The molecule has 0 amide bonds. The first-order valence-electron chi connectivity index (χ1n) is 7.86. The van der Waals surface area contributed by atoms with E-state index in [4.69, 9.17) is 4.42 Å². The third-order valence-electron chi connectivity index (χ3n) is 4.86. The fourth-order valence-electron chi connectivity index (χ4n) is 3.55. The first-order chi connectivity index (χ1) is 10.0. The van der Waals surface area contributed by atoms with Crippen LogP contribution in [0.5, 0.6) is 0 Å². The van der Waals surface area contributed by atoms with Crippen molar-refractivity contribution in [3.8, 4) is 0 Å². The monoisotopic (exact) mass is 289 g/mol. The van der Waals surface area contributed by atoms with Crippen LogP contribution in [0.1, 0.15) is 57.6 Å². The van der Waals surface area contributed by atoms with Gasteiger partial charge in [-0.15, -0.1) is 0 Å². The Bertz CT molecular complexity index is 692. The zero-order chi connectivity index (χ0) is 15.0. The molecule has 1 aliphatic rings. The molecule has 1 aromatic carbocycles. The lowest BCUT2D eigenvalue weighted by Gasteiger charge is -2.30. The van der Waals surface area contributed by atoms with Gasteiger partial charge in [-0.05, 0) is 42.4 Å². The van der Waals surface area contributed by atoms with E-state index in [9.17, 15) is 9.90 Å². The number of aryl methyl sites for hydroxylation is 1. The van der Waals surface area contributed by atoms with E-state index < -0.39 is 6.10 Å². The molecule has 4 heteroatoms. The molecule has 1 saturated carbocycles. The minimum atomic E-state index is -0.496. The summed E-state index contributed by atoms with van der Waals surface area (Å²) in [6.45, 7) is 4.84. The first-order valence-corrected chi connectivity index (χ1v) is 7.86. The van der Waals surface area contributed by atoms with Crippen molar-refractivity contribution < 1.29 is 9.52 Å². The Balaban J connectivity index is 2.00. The second kappa shape index (κ2) is 5.34. The van der Waals surface area contributed by atoms with Crippen LogP contribution >= 0.6 is 0 Å². The van der Waals surface area contributed by atoms with Crippen molar-refractivity contribution in [3.05, 3.63) is 34.3 Å². The molecule has 3 rings (SSSR count). The number of hydrogen-bond donors (Lipinski definition) is 1. The summed E-state index contributed by atoms with van der Waals surface area (Å²) in [6.07, 6.45) is 4.84. The smallest absolute Gasteiger partial charge is 0.408 e. The minimum Gasteiger partial charge on any atom is -0.408 e. The first kappa shape index (κ1) is 14.4. The lowest BCUT2D eigenvalue weighted by molar-refractivity contribution is 0.0409. The van der Waals surface area contributed by atoms with Crippen LogP contribution in [0.15, 0.2) is 27.4 Å². The lowest BCUT2D eigenvalue weighted by atomic mass is 9.79. The molecule has 1 aromatic heterocycles. The van der Waals surface area contributed by atoms with Crippen LogP contribution in [0.2, 0.25) is 0 Å². The fourth-order valence-corrected chi connectivity index (χ4v) is 3.55. The van der Waals surface area contributed by atoms with Gasteiger partial charge in [-0.25, -0.2) is 4.79 Å². The van der Waals surface area contributed by atoms with Gasteiger partial charge in [0.15, 0.2) is 5.58 Å². The largest absolute Gasteiger partial charge is 0.419 e. The fraction of sp³-hybridized carbons (Fsp3) is 0.588. The zero-order valence-corrected chi connectivity index (χ0v) is 12.8. The van der Waals surface area contributed by atoms with Gasteiger partial charge in [-0.3, -0.25) is 4.57 Å². The van der Waals surface area contributed by atoms with Crippen molar-refractivity contribution in [2.45, 2.75) is 58.6 Å². The molecule has 1 N–H and O–H groups in total. The summed E-state index contributed by atoms with van der Waals surface area (Å²) in [6, 6.07) is 5.65. The van der Waals surface area contributed by atoms with Crippen molar-refractivity contribution in [2.24, 2.45) is 5.41 Å². The van der Waals surface area contributed by atoms with E-state index in [1.807, 2.05) is 25.1 Å². The number of aliphatic hydroxyl groups is 1. The number of rotatable bonds is 4. The van der Waals surface area contributed by atoms with Crippen LogP contribution in [0.4, 0.5) is 0 Å². The SMILES string of the molecule is CCCn1c(=O)oc2cc(C(O)C3(C)CCCC3)ccc21. The summed E-state index contributed by atoms with van der Waals surface area (Å²) in [5.41, 5.74) is 2.19. The van der Waals surface area contributed by atoms with Gasteiger partial charge >= 0.3 is 5.76 Å². The van der Waals surface area contributed by atoms with E-state index in [1.54, 1.807) is 4.57 Å². The van der Waals surface area contributed by atoms with Crippen molar-refractivity contribution >= 4 is 11.1 Å². The third-order valence-corrected chi connectivity index (χ3v) is 4.86. The average molecular weight is 289 g/mol. The predicted molar refractivity (Wildman–Crippen MR) is 82.3 cm³/mol. The highest BCUT2D eigenvalue weighted by atomic mass is 16.4. The van der Waals surface area contributed by atoms with Gasteiger partial charge in [-0.1, -0.05) is 32.8 Å². The van der Waals surface area contributed by atoms with E-state index in [-0.39, 0.29) is 11.2 Å². The summed E-state index contributed by atoms with van der Waals surface area (Å²) in [7, 11) is 0. The van der Waals surface area contributed by atoms with E-state index in [2.05, 4.69) is 6.92 Å². The normalized spacial score (nSPS) is 19.2. The quantitative estimate of drug-likeness (QED) is 0.935. The molecular weight excluding hydrogens is 266 g/mol. The Labute approximate surface area is 124 Å². The van der Waals surface area contributed by atoms with Crippen LogP contribution < -0.4 is 5.76 Å². The summed E-state index contributed by atoms with van der Waals surface area (Å²) < 4.78 is 6.99. The van der Waals surface area contributed by atoms with Crippen molar-refractivity contribution in [1.82, 2.24) is 4.57 Å². The van der Waals surface area contributed by atoms with Gasteiger partial charge < -0.3 is 9.52 Å². The highest BCUT2D eigenvalue weighted by molar-refractivity contribution is 5.74. The topological polar surface area (TPSA) is 55.4 Å². The van der Waals surface area contributed by atoms with Crippen LogP contribution in [-0.4, -0.2) is 9.67 Å². The lowest BCUT2D eigenvalue weighted by Crippen LogP contribution is -2.21. The highest BCUT2D eigenvalue weighted by Gasteiger charge is 2.37. The van der Waals surface area contributed by atoms with Crippen molar-refractivity contribution in [2.75, 3.05) is 0 Å². The average Bonchev–Trinajstić information content (AvgIpc) is 3.04. The van der Waals surface area contributed by atoms with E-state index in [1.165, 1.54) is 12.8 Å². The second-order valence-corrected chi connectivity index (χ2v) is 6.51. The minimum absolute atomic E-state index is 0.0556. The molecule has 1 unspecified atom stereocenters. The summed E-state index contributed by atoms with van der Waals surface area (Å²) in [5.74, 6) is -0.314. The molecule has 21 heavy (non-hydrogen) atoms. The van der Waals surface area contributed by atoms with Crippen LogP contribution in [-0.2, 0) is 6.54 Å². The predicted octanol–water partition coefficient (Wildman–Crippen LogP) is 3.62. The standard InChI is InChI=1S/C17H23NO3/c1-3-10-18-13-7-6-12(11-14(13)21-16(18)20)15(19)17(2)8-4-5-9-17/h6-7,11,15,19H,3-5,8-10H2,1-2H3. The molecule has 0 saturated heterocycles. The maximum atomic E-state index is 11.9. The van der Waals surface area contributed by atoms with Gasteiger partial charge in [0.25, 0.3) is 0 Å². The summed E-state index contributed by atoms with van der Waals surface area (Å²) in [5, 5.41) is 10.7. The van der Waals surface area contributed by atoms with Gasteiger partial charge in [0.2, 0.25) is 0 Å². The van der Waals surface area contributed by atoms with Gasteiger partial charge in [0.1, 0.15) is 0 Å². The number of nitrogens with zero attached hydrogens (tertiary/aromatic N) is 1. The Kier molecular flexibility index (Phi) is 3.66. The van der Waals surface area contributed by atoms with E-state index in [0.717, 1.165) is 30.3 Å². The molecule has 4 nitrogen and oxygen atoms in total. The zero-order valence-electron chi connectivity index (χ0n) is 12.8. The Hall–Kier alpha value is -1.55. The van der Waals surface area contributed by atoms with Crippen molar-refractivity contribution in [1.29, 1.82) is 0 Å². The summed E-state index contributed by atoms with van der Waals surface area (Å²) in [4.78, 5) is 11.9. The third kappa shape index (κ3) is 2.42. The molecule has 1 heterocycles. The molecular formula is C17H23NO3. The number of aliphatic hydroxyl groups excluding tert-OH is 1. The molecule has 0 bridgehead atoms. The maximum Gasteiger partial charge on any atom is 0.419 e. The van der Waals surface area contributed by atoms with Crippen LogP contribution in [0.25, 0.3) is 11.1 Å². The number of oxazole rings is 1. The van der Waals surface area contributed by atoms with E-state index in [0.29, 0.717) is 12.1 Å². The molecule has 0 spiro atoms. The van der Waals surface area contributed by atoms with Gasteiger partial charge in [0, 0.05) is 6.54 Å². The molecule has 0 radical (unpaired) electrons. The number of benzene rings is 1. The van der Waals surface area contributed by atoms with Gasteiger partial charge in [-0.2, -0.15) is 0 Å². The molecule has 1 atom stereocenters. The molecule has 2 aromatic rings. The maximum absolute atomic E-state index is 11.9. The Morgan fingerprint density at radius 1 is 1.38 bits per heavy atom. The van der Waals surface area contributed by atoms with Crippen LogP contribution in [0.3, 0.4) is 0 Å². The molecule has 0 aliphatic heterocycles. The molecule has 1 fully saturated rings.